The van der Waals surface area contributed by atoms with Crippen LogP contribution in [0.25, 0.3) is 11.1 Å². The van der Waals surface area contributed by atoms with Crippen LogP contribution in [0.1, 0.15) is 30.5 Å². The van der Waals surface area contributed by atoms with Crippen molar-refractivity contribution in [2.24, 2.45) is 5.92 Å². The summed E-state index contributed by atoms with van der Waals surface area (Å²) in [6.07, 6.45) is 0. The van der Waals surface area contributed by atoms with Crippen LogP contribution in [-0.2, 0) is 0 Å². The molecule has 29 heavy (non-hydrogen) atoms. The van der Waals surface area contributed by atoms with E-state index in [0.717, 1.165) is 12.3 Å². The zero-order chi connectivity index (χ0) is 20.6. The molecule has 3 aromatic rings. The summed E-state index contributed by atoms with van der Waals surface area (Å²) in [5, 5.41) is 0. The van der Waals surface area contributed by atoms with Crippen molar-refractivity contribution in [2.75, 3.05) is 27.2 Å². The van der Waals surface area contributed by atoms with Crippen molar-refractivity contribution in [3.8, 4) is 5.75 Å². The molecular formula is C27H31NO. The summed E-state index contributed by atoms with van der Waals surface area (Å²) in [6.45, 7) is 6.13. The molecule has 0 aromatic heterocycles. The van der Waals surface area contributed by atoms with Crippen LogP contribution in [0.5, 0.6) is 5.75 Å². The van der Waals surface area contributed by atoms with E-state index in [0.29, 0.717) is 12.5 Å². The van der Waals surface area contributed by atoms with Gasteiger partial charge in [0.15, 0.2) is 0 Å². The number of benzene rings is 3. The van der Waals surface area contributed by atoms with E-state index in [-0.39, 0.29) is 0 Å². The quantitative estimate of drug-likeness (QED) is 0.425. The molecule has 150 valence electrons. The Labute approximate surface area is 175 Å². The summed E-state index contributed by atoms with van der Waals surface area (Å²) in [6, 6.07) is 29.9. The molecule has 0 saturated heterocycles. The highest BCUT2D eigenvalue weighted by atomic mass is 16.5. The van der Waals surface area contributed by atoms with Gasteiger partial charge in [-0.25, -0.2) is 0 Å². The zero-order valence-corrected chi connectivity index (χ0v) is 17.9. The Hall–Kier alpha value is -2.84. The van der Waals surface area contributed by atoms with Gasteiger partial charge in [0.2, 0.25) is 0 Å². The molecule has 0 amide bonds. The molecule has 0 fully saturated rings. The largest absolute Gasteiger partial charge is 0.492 e. The average molecular weight is 386 g/mol. The highest BCUT2D eigenvalue weighted by Crippen LogP contribution is 2.37. The van der Waals surface area contributed by atoms with Crippen molar-refractivity contribution in [3.05, 3.63) is 102 Å². The maximum Gasteiger partial charge on any atom is 0.119 e. The first kappa shape index (κ1) is 20.9. The third-order valence-electron chi connectivity index (χ3n) is 4.94. The molecule has 0 bridgehead atoms. The van der Waals surface area contributed by atoms with Crippen LogP contribution in [0.3, 0.4) is 0 Å². The molecule has 0 unspecified atom stereocenters. The number of nitrogens with zero attached hydrogens (tertiary/aromatic N) is 1. The number of ether oxygens (including phenoxy) is 1. The summed E-state index contributed by atoms with van der Waals surface area (Å²) in [7, 11) is 4.11. The zero-order valence-electron chi connectivity index (χ0n) is 17.9. The second-order valence-corrected chi connectivity index (χ2v) is 7.85. The van der Waals surface area contributed by atoms with Crippen molar-refractivity contribution in [3.63, 3.8) is 0 Å². The second kappa shape index (κ2) is 10.1. The van der Waals surface area contributed by atoms with Crippen LogP contribution in [0.2, 0.25) is 0 Å². The molecule has 0 aliphatic rings. The first-order valence-electron chi connectivity index (χ1n) is 10.3. The molecule has 2 heteroatoms. The van der Waals surface area contributed by atoms with Crippen LogP contribution in [0, 0.1) is 5.92 Å². The fourth-order valence-corrected chi connectivity index (χ4v) is 3.53. The van der Waals surface area contributed by atoms with Crippen molar-refractivity contribution in [1.82, 2.24) is 4.90 Å². The van der Waals surface area contributed by atoms with Crippen LogP contribution in [0.4, 0.5) is 0 Å². The molecule has 3 aromatic carbocycles. The fourth-order valence-electron chi connectivity index (χ4n) is 3.53. The van der Waals surface area contributed by atoms with E-state index < -0.39 is 0 Å². The first-order chi connectivity index (χ1) is 14.1. The predicted molar refractivity (Wildman–Crippen MR) is 124 cm³/mol. The molecule has 0 saturated carbocycles. The number of allylic oxidation sites excluding steroid dienone is 1. The molecule has 0 heterocycles. The average Bonchev–Trinajstić information content (AvgIpc) is 2.73. The van der Waals surface area contributed by atoms with Gasteiger partial charge in [0, 0.05) is 6.54 Å². The van der Waals surface area contributed by atoms with Crippen LogP contribution < -0.4 is 4.74 Å². The van der Waals surface area contributed by atoms with Crippen LogP contribution in [0.15, 0.2) is 84.9 Å². The van der Waals surface area contributed by atoms with Crippen LogP contribution >= 0.6 is 0 Å². The summed E-state index contributed by atoms with van der Waals surface area (Å²) in [5.41, 5.74) is 6.36. The van der Waals surface area contributed by atoms with E-state index >= 15 is 0 Å². The Morgan fingerprint density at radius 1 is 0.724 bits per heavy atom. The van der Waals surface area contributed by atoms with Gasteiger partial charge in [0.05, 0.1) is 0 Å². The minimum Gasteiger partial charge on any atom is -0.492 e. The van der Waals surface area contributed by atoms with E-state index in [2.05, 4.69) is 118 Å². The molecule has 0 radical (unpaired) electrons. The smallest absolute Gasteiger partial charge is 0.119 e. The Morgan fingerprint density at radius 2 is 1.24 bits per heavy atom. The summed E-state index contributed by atoms with van der Waals surface area (Å²) in [5.74, 6) is 1.30. The van der Waals surface area contributed by atoms with E-state index in [4.69, 9.17) is 4.74 Å². The van der Waals surface area contributed by atoms with E-state index in [9.17, 15) is 0 Å². The van der Waals surface area contributed by atoms with Crippen LogP contribution in [-0.4, -0.2) is 32.1 Å². The normalized spacial score (nSPS) is 12.2. The summed E-state index contributed by atoms with van der Waals surface area (Å²) in [4.78, 5) is 2.12. The van der Waals surface area contributed by atoms with Gasteiger partial charge in [0.1, 0.15) is 12.4 Å². The minimum absolute atomic E-state index is 0.392. The number of hydrogen-bond acceptors (Lipinski definition) is 2. The lowest BCUT2D eigenvalue weighted by atomic mass is 9.84. The minimum atomic E-state index is 0.392. The van der Waals surface area contributed by atoms with Gasteiger partial charge in [-0.3, -0.25) is 0 Å². The first-order valence-corrected chi connectivity index (χ1v) is 10.3. The lowest BCUT2D eigenvalue weighted by molar-refractivity contribution is 0.261. The third kappa shape index (κ3) is 5.58. The van der Waals surface area contributed by atoms with Gasteiger partial charge in [0.25, 0.3) is 0 Å². The van der Waals surface area contributed by atoms with Crippen molar-refractivity contribution in [1.29, 1.82) is 0 Å². The van der Waals surface area contributed by atoms with Gasteiger partial charge >= 0.3 is 0 Å². The van der Waals surface area contributed by atoms with Crippen molar-refractivity contribution < 1.29 is 4.74 Å². The summed E-state index contributed by atoms with van der Waals surface area (Å²) < 4.78 is 5.89. The SMILES string of the molecule is CC(C)/C(=C(\c1ccccc1)c1ccc(OCCN(C)C)cc1)c1ccccc1. The van der Waals surface area contributed by atoms with Gasteiger partial charge in [-0.1, -0.05) is 86.6 Å². The third-order valence-corrected chi connectivity index (χ3v) is 4.94. The standard InChI is InChI=1S/C27H31NO/c1-21(2)26(22-11-7-5-8-12-22)27(23-13-9-6-10-14-23)24-15-17-25(18-16-24)29-20-19-28(3)4/h5-18,21H,19-20H2,1-4H3/b27-26-. The maximum atomic E-state index is 5.89. The number of likely N-dealkylation sites (N-methyl/N-ethyl adjacent to an activating group) is 1. The molecule has 0 N–H and O–H groups in total. The monoisotopic (exact) mass is 385 g/mol. The molecule has 2 nitrogen and oxygen atoms in total. The lowest BCUT2D eigenvalue weighted by Crippen LogP contribution is -2.19. The highest BCUT2D eigenvalue weighted by Gasteiger charge is 2.16. The molecule has 3 rings (SSSR count). The highest BCUT2D eigenvalue weighted by molar-refractivity contribution is 5.99. The number of rotatable bonds is 8. The Bertz CT molecular complexity index is 910. The van der Waals surface area contributed by atoms with Gasteiger partial charge in [-0.15, -0.1) is 0 Å². The van der Waals surface area contributed by atoms with Gasteiger partial charge in [-0.2, -0.15) is 0 Å². The lowest BCUT2D eigenvalue weighted by Gasteiger charge is -2.20. The van der Waals surface area contributed by atoms with Gasteiger partial charge < -0.3 is 9.64 Å². The molecule has 0 aliphatic heterocycles. The molecule has 0 atom stereocenters. The van der Waals surface area contributed by atoms with Crippen molar-refractivity contribution in [2.45, 2.75) is 13.8 Å². The van der Waals surface area contributed by atoms with Crippen molar-refractivity contribution >= 4 is 11.1 Å². The molecule has 0 aliphatic carbocycles. The predicted octanol–water partition coefficient (Wildman–Crippen LogP) is 6.24. The summed E-state index contributed by atoms with van der Waals surface area (Å²) >= 11 is 0. The topological polar surface area (TPSA) is 12.5 Å². The fraction of sp³-hybridized carbons (Fsp3) is 0.259. The Kier molecular flexibility index (Phi) is 7.26. The Morgan fingerprint density at radius 3 is 1.76 bits per heavy atom. The second-order valence-electron chi connectivity index (χ2n) is 7.85. The van der Waals surface area contributed by atoms with E-state index in [1.54, 1.807) is 0 Å². The maximum absolute atomic E-state index is 5.89. The number of hydrogen-bond donors (Lipinski definition) is 0. The van der Waals surface area contributed by atoms with E-state index in [1.165, 1.54) is 27.8 Å². The molecule has 0 spiro atoms. The van der Waals surface area contributed by atoms with E-state index in [1.807, 2.05) is 0 Å². The molecular weight excluding hydrogens is 354 g/mol. The van der Waals surface area contributed by atoms with Gasteiger partial charge in [-0.05, 0) is 60.0 Å². The Balaban J connectivity index is 2.05.